The maximum Gasteiger partial charge on any atom is 0.317 e. The number of aliphatic carboxylic acids is 1. The first-order chi connectivity index (χ1) is 12.4. The Bertz CT molecular complexity index is 638. The predicted molar refractivity (Wildman–Crippen MR) is 94.8 cm³/mol. The summed E-state index contributed by atoms with van der Waals surface area (Å²) in [5.74, 6) is 0.267. The average Bonchev–Trinajstić information content (AvgIpc) is 2.64. The molecule has 0 spiro atoms. The van der Waals surface area contributed by atoms with Gasteiger partial charge in [0, 0.05) is 19.6 Å². The van der Waals surface area contributed by atoms with E-state index in [-0.39, 0.29) is 25.0 Å². The van der Waals surface area contributed by atoms with E-state index >= 15 is 0 Å². The van der Waals surface area contributed by atoms with Crippen molar-refractivity contribution in [3.05, 3.63) is 17.7 Å². The van der Waals surface area contributed by atoms with E-state index in [9.17, 15) is 14.7 Å². The van der Waals surface area contributed by atoms with E-state index in [0.717, 1.165) is 5.56 Å². The number of ether oxygens (including phenoxy) is 3. The molecule has 2 unspecified atom stereocenters. The van der Waals surface area contributed by atoms with E-state index in [4.69, 9.17) is 14.2 Å². The summed E-state index contributed by atoms with van der Waals surface area (Å²) in [6.07, 6.45) is 0.589. The molecule has 2 N–H and O–H groups in total. The van der Waals surface area contributed by atoms with Crippen molar-refractivity contribution >= 4 is 12.0 Å². The van der Waals surface area contributed by atoms with Crippen LogP contribution in [0, 0.1) is 11.8 Å². The number of urea groups is 1. The highest BCUT2D eigenvalue weighted by atomic mass is 16.5. The molecule has 0 aliphatic carbocycles. The lowest BCUT2D eigenvalue weighted by atomic mass is 9.91. The molecular weight excluding hydrogens is 340 g/mol. The molecule has 0 aromatic heterocycles. The first-order valence-electron chi connectivity index (χ1n) is 8.44. The number of rotatable bonds is 6. The molecule has 0 radical (unpaired) electrons. The molecule has 144 valence electrons. The zero-order valence-electron chi connectivity index (χ0n) is 15.6. The smallest absolute Gasteiger partial charge is 0.317 e. The fourth-order valence-electron chi connectivity index (χ4n) is 3.22. The van der Waals surface area contributed by atoms with Crippen LogP contribution in [0.5, 0.6) is 17.2 Å². The summed E-state index contributed by atoms with van der Waals surface area (Å²) in [5.41, 5.74) is 0.785. The van der Waals surface area contributed by atoms with Crippen molar-refractivity contribution in [2.45, 2.75) is 19.9 Å². The van der Waals surface area contributed by atoms with Crippen LogP contribution in [0.15, 0.2) is 12.1 Å². The number of nitrogens with one attached hydrogen (secondary N) is 1. The molecule has 2 amide bonds. The van der Waals surface area contributed by atoms with Crippen molar-refractivity contribution < 1.29 is 28.9 Å². The standard InChI is InChI=1S/C18H26N2O6/c1-11-5-13(17(21)22)10-20(9-11)18(23)19-8-12-6-14(24-2)16(26-4)15(7-12)25-3/h6-7,11,13H,5,8-10H2,1-4H3,(H,19,23)(H,21,22). The van der Waals surface area contributed by atoms with Crippen LogP contribution in [0.1, 0.15) is 18.9 Å². The van der Waals surface area contributed by atoms with E-state index < -0.39 is 11.9 Å². The van der Waals surface area contributed by atoms with Crippen LogP contribution in [0.25, 0.3) is 0 Å². The quantitative estimate of drug-likeness (QED) is 0.799. The summed E-state index contributed by atoms with van der Waals surface area (Å²) in [6, 6.07) is 3.25. The molecule has 8 heteroatoms. The molecule has 1 heterocycles. The Hall–Kier alpha value is -2.64. The molecule has 1 aliphatic rings. The SMILES string of the molecule is COc1cc(CNC(=O)N2CC(C)CC(C(=O)O)C2)cc(OC)c1OC. The lowest BCUT2D eigenvalue weighted by molar-refractivity contribution is -0.143. The summed E-state index contributed by atoms with van der Waals surface area (Å²) in [5, 5.41) is 12.1. The number of methoxy groups -OCH3 is 3. The average molecular weight is 366 g/mol. The van der Waals surface area contributed by atoms with Gasteiger partial charge in [0.15, 0.2) is 11.5 Å². The Labute approximate surface area is 153 Å². The number of amides is 2. The maximum absolute atomic E-state index is 12.5. The van der Waals surface area contributed by atoms with Crippen molar-refractivity contribution in [2.24, 2.45) is 11.8 Å². The van der Waals surface area contributed by atoms with Gasteiger partial charge in [0.25, 0.3) is 0 Å². The molecule has 8 nitrogen and oxygen atoms in total. The van der Waals surface area contributed by atoms with Crippen LogP contribution in [-0.2, 0) is 11.3 Å². The number of piperidine rings is 1. The number of carboxylic acids is 1. The fourth-order valence-corrected chi connectivity index (χ4v) is 3.22. The van der Waals surface area contributed by atoms with Gasteiger partial charge in [-0.25, -0.2) is 4.79 Å². The molecule has 26 heavy (non-hydrogen) atoms. The van der Waals surface area contributed by atoms with Crippen LogP contribution >= 0.6 is 0 Å². The van der Waals surface area contributed by atoms with Crippen molar-refractivity contribution in [1.82, 2.24) is 10.2 Å². The largest absolute Gasteiger partial charge is 0.493 e. The first-order valence-corrected chi connectivity index (χ1v) is 8.44. The van der Waals surface area contributed by atoms with Crippen LogP contribution in [0.2, 0.25) is 0 Å². The Morgan fingerprint density at radius 3 is 2.27 bits per heavy atom. The zero-order valence-corrected chi connectivity index (χ0v) is 15.6. The second-order valence-electron chi connectivity index (χ2n) is 6.47. The highest BCUT2D eigenvalue weighted by molar-refractivity contribution is 5.76. The molecule has 2 rings (SSSR count). The van der Waals surface area contributed by atoms with Gasteiger partial charge in [0.1, 0.15) is 0 Å². The Balaban J connectivity index is 2.06. The monoisotopic (exact) mass is 366 g/mol. The van der Waals surface area contributed by atoms with Crippen LogP contribution in [0.4, 0.5) is 4.79 Å². The minimum atomic E-state index is -0.862. The highest BCUT2D eigenvalue weighted by Gasteiger charge is 2.31. The molecule has 1 saturated heterocycles. The molecule has 1 fully saturated rings. The highest BCUT2D eigenvalue weighted by Crippen LogP contribution is 2.38. The number of hydrogen-bond acceptors (Lipinski definition) is 5. The first kappa shape index (κ1) is 19.7. The number of carboxylic acid groups (broad SMARTS) is 1. The van der Waals surface area contributed by atoms with Gasteiger partial charge >= 0.3 is 12.0 Å². The number of nitrogens with zero attached hydrogens (tertiary/aromatic N) is 1. The molecular formula is C18H26N2O6. The van der Waals surface area contributed by atoms with Crippen molar-refractivity contribution in [1.29, 1.82) is 0 Å². The van der Waals surface area contributed by atoms with Gasteiger partial charge in [-0.1, -0.05) is 6.92 Å². The number of hydrogen-bond donors (Lipinski definition) is 2. The number of carbonyl (C=O) groups is 2. The van der Waals surface area contributed by atoms with Crippen LogP contribution < -0.4 is 19.5 Å². The Morgan fingerprint density at radius 2 is 1.77 bits per heavy atom. The summed E-state index contributed by atoms with van der Waals surface area (Å²) in [7, 11) is 4.58. The minimum Gasteiger partial charge on any atom is -0.493 e. The van der Waals surface area contributed by atoms with Gasteiger partial charge in [-0.2, -0.15) is 0 Å². The van der Waals surface area contributed by atoms with Gasteiger partial charge in [-0.05, 0) is 30.0 Å². The van der Waals surface area contributed by atoms with Gasteiger partial charge in [0.05, 0.1) is 27.2 Å². The van der Waals surface area contributed by atoms with Gasteiger partial charge in [-0.3, -0.25) is 4.79 Å². The minimum absolute atomic E-state index is 0.150. The third kappa shape index (κ3) is 4.50. The third-order valence-corrected chi connectivity index (χ3v) is 4.46. The second-order valence-corrected chi connectivity index (χ2v) is 6.47. The van der Waals surface area contributed by atoms with E-state index in [1.807, 2.05) is 6.92 Å². The van der Waals surface area contributed by atoms with Crippen molar-refractivity contribution in [2.75, 3.05) is 34.4 Å². The van der Waals surface area contributed by atoms with E-state index in [1.165, 1.54) is 21.3 Å². The summed E-state index contributed by atoms with van der Waals surface area (Å²) in [4.78, 5) is 25.3. The molecule has 0 saturated carbocycles. The van der Waals surface area contributed by atoms with Gasteiger partial charge in [-0.15, -0.1) is 0 Å². The van der Waals surface area contributed by atoms with E-state index in [0.29, 0.717) is 30.2 Å². The maximum atomic E-state index is 12.5. The summed E-state index contributed by atoms with van der Waals surface area (Å²) >= 11 is 0. The molecule has 1 aliphatic heterocycles. The fraction of sp³-hybridized carbons (Fsp3) is 0.556. The topological polar surface area (TPSA) is 97.3 Å². The summed E-state index contributed by atoms with van der Waals surface area (Å²) in [6.45, 7) is 2.98. The van der Waals surface area contributed by atoms with Crippen LogP contribution in [0.3, 0.4) is 0 Å². The normalized spacial score (nSPS) is 19.6. The van der Waals surface area contributed by atoms with E-state index in [1.54, 1.807) is 17.0 Å². The molecule has 1 aromatic rings. The van der Waals surface area contributed by atoms with Crippen molar-refractivity contribution in [3.8, 4) is 17.2 Å². The molecule has 0 bridgehead atoms. The number of likely N-dealkylation sites (tertiary alicyclic amines) is 1. The molecule has 1 aromatic carbocycles. The lowest BCUT2D eigenvalue weighted by Crippen LogP contribution is -2.49. The summed E-state index contributed by atoms with van der Waals surface area (Å²) < 4.78 is 15.9. The second kappa shape index (κ2) is 8.64. The predicted octanol–water partition coefficient (Wildman–Crippen LogP) is 1.96. The van der Waals surface area contributed by atoms with E-state index in [2.05, 4.69) is 5.32 Å². The molecule has 2 atom stereocenters. The van der Waals surface area contributed by atoms with Gasteiger partial charge < -0.3 is 29.5 Å². The zero-order chi connectivity index (χ0) is 19.3. The van der Waals surface area contributed by atoms with Crippen LogP contribution in [-0.4, -0.2) is 56.4 Å². The Kier molecular flexibility index (Phi) is 6.54. The van der Waals surface area contributed by atoms with Gasteiger partial charge in [0.2, 0.25) is 5.75 Å². The number of benzene rings is 1. The Morgan fingerprint density at radius 1 is 1.15 bits per heavy atom. The third-order valence-electron chi connectivity index (χ3n) is 4.46. The van der Waals surface area contributed by atoms with Crippen molar-refractivity contribution in [3.63, 3.8) is 0 Å². The number of carbonyl (C=O) groups excluding carboxylic acids is 1. The lowest BCUT2D eigenvalue weighted by Gasteiger charge is -2.34.